The number of benzene rings is 2. The maximum Gasteiger partial charge on any atom is 0.292 e. The Labute approximate surface area is 127 Å². The average Bonchev–Trinajstić information content (AvgIpc) is 2.53. The van der Waals surface area contributed by atoms with E-state index in [9.17, 15) is 4.79 Å². The van der Waals surface area contributed by atoms with E-state index in [1.54, 1.807) is 30.5 Å². The van der Waals surface area contributed by atoms with Gasteiger partial charge in [-0.1, -0.05) is 24.3 Å². The van der Waals surface area contributed by atoms with Crippen LogP contribution in [0.15, 0.2) is 53.5 Å². The molecule has 0 aliphatic heterocycles. The van der Waals surface area contributed by atoms with Gasteiger partial charge in [-0.25, -0.2) is 4.79 Å². The summed E-state index contributed by atoms with van der Waals surface area (Å²) in [5, 5.41) is 22.6. The van der Waals surface area contributed by atoms with E-state index < -0.39 is 6.79 Å². The van der Waals surface area contributed by atoms with Crippen molar-refractivity contribution in [3.63, 3.8) is 0 Å². The largest absolute Gasteiger partial charge is 0.388 e. The van der Waals surface area contributed by atoms with Crippen LogP contribution in [0, 0.1) is 11.5 Å². The highest BCUT2D eigenvalue weighted by molar-refractivity contribution is 5.49. The quantitative estimate of drug-likeness (QED) is 0.389. The van der Waals surface area contributed by atoms with Crippen LogP contribution in [0.1, 0.15) is 11.1 Å². The first-order chi connectivity index (χ1) is 10.7. The van der Waals surface area contributed by atoms with Crippen LogP contribution in [0.25, 0.3) is 0 Å². The highest BCUT2D eigenvalue weighted by Gasteiger charge is 1.98. The normalized spacial score (nSPS) is 8.77. The van der Waals surface area contributed by atoms with Crippen molar-refractivity contribution in [2.75, 3.05) is 6.79 Å². The van der Waals surface area contributed by atoms with Gasteiger partial charge in [0.05, 0.1) is 5.69 Å². The first kappa shape index (κ1) is 17.1. The number of aliphatic imine (C=N–C) groups is 1. The highest BCUT2D eigenvalue weighted by Crippen LogP contribution is 2.17. The number of isocyanates is 1. The summed E-state index contributed by atoms with van der Waals surface area (Å²) in [7, 11) is 0. The minimum atomic E-state index is -0.750. The minimum absolute atomic E-state index is 0.530. The second-order valence-corrected chi connectivity index (χ2v) is 4.03. The molecule has 0 atom stereocenters. The molecule has 112 valence electrons. The van der Waals surface area contributed by atoms with E-state index in [1.807, 2.05) is 24.3 Å². The lowest BCUT2D eigenvalue weighted by atomic mass is 10.0. The van der Waals surface area contributed by atoms with E-state index in [-0.39, 0.29) is 0 Å². The van der Waals surface area contributed by atoms with E-state index >= 15 is 0 Å². The van der Waals surface area contributed by atoms with Gasteiger partial charge in [0.25, 0.3) is 6.26 Å². The van der Waals surface area contributed by atoms with Crippen LogP contribution >= 0.6 is 0 Å². The Bertz CT molecular complexity index is 654. The fourth-order valence-corrected chi connectivity index (χ4v) is 1.70. The molecule has 0 spiro atoms. The molecular weight excluding hydrogens is 284 g/mol. The number of ether oxygens (including phenoxy) is 1. The lowest BCUT2D eigenvalue weighted by Crippen LogP contribution is -1.88. The van der Waals surface area contributed by atoms with E-state index in [4.69, 9.17) is 20.2 Å². The van der Waals surface area contributed by atoms with Crippen LogP contribution in [-0.2, 0) is 11.2 Å². The number of hydrogen-bond donors (Lipinski definition) is 2. The smallest absolute Gasteiger partial charge is 0.292 e. The van der Waals surface area contributed by atoms with Gasteiger partial charge in [-0.05, 0) is 41.8 Å². The van der Waals surface area contributed by atoms with Gasteiger partial charge in [0.2, 0.25) is 6.08 Å². The van der Waals surface area contributed by atoms with Gasteiger partial charge >= 0.3 is 0 Å². The lowest BCUT2D eigenvalue weighted by Gasteiger charge is -2.03. The zero-order valence-corrected chi connectivity index (χ0v) is 11.6. The fraction of sp³-hybridized carbons (Fsp3) is 0.125. The average molecular weight is 298 g/mol. The van der Waals surface area contributed by atoms with Crippen LogP contribution in [0.5, 0.6) is 5.75 Å². The van der Waals surface area contributed by atoms with Crippen molar-refractivity contribution in [1.29, 1.82) is 5.26 Å². The zero-order valence-electron chi connectivity index (χ0n) is 11.6. The molecule has 0 saturated heterocycles. The SMILES string of the molecule is N#COc1ccc(Cc2ccc(N=C=O)cc2)cc1.OCO. The van der Waals surface area contributed by atoms with E-state index in [0.717, 1.165) is 17.5 Å². The number of carbonyl (C=O) groups excluding carboxylic acids is 1. The van der Waals surface area contributed by atoms with Crippen LogP contribution in [0.3, 0.4) is 0 Å². The third-order valence-electron chi connectivity index (χ3n) is 2.61. The molecule has 0 radical (unpaired) electrons. The number of nitrogens with zero attached hydrogens (tertiary/aromatic N) is 2. The summed E-state index contributed by atoms with van der Waals surface area (Å²) in [6, 6.07) is 14.7. The topological polar surface area (TPSA) is 103 Å². The van der Waals surface area contributed by atoms with E-state index in [1.165, 1.54) is 6.08 Å². The molecule has 2 rings (SSSR count). The molecule has 0 bridgehead atoms. The first-order valence-corrected chi connectivity index (χ1v) is 6.27. The predicted octanol–water partition coefficient (Wildman–Crippen LogP) is 2.03. The Kier molecular flexibility index (Phi) is 7.66. The van der Waals surface area contributed by atoms with Gasteiger partial charge in [0, 0.05) is 0 Å². The monoisotopic (exact) mass is 298 g/mol. The van der Waals surface area contributed by atoms with Crippen molar-refractivity contribution in [2.24, 2.45) is 4.99 Å². The molecule has 0 fully saturated rings. The summed E-state index contributed by atoms with van der Waals surface area (Å²) in [6.07, 6.45) is 3.90. The van der Waals surface area contributed by atoms with Gasteiger partial charge in [-0.3, -0.25) is 0 Å². The van der Waals surface area contributed by atoms with Gasteiger partial charge in [0.1, 0.15) is 12.5 Å². The standard InChI is InChI=1S/C15H10N2O2.CH4O2/c16-10-19-15-7-3-13(4-8-15)9-12-1-5-14(6-2-12)17-11-18;2-1-3/h1-8H,9H2;2-3H,1H2. The van der Waals surface area contributed by atoms with E-state index in [0.29, 0.717) is 11.4 Å². The molecule has 0 unspecified atom stereocenters. The fourth-order valence-electron chi connectivity index (χ4n) is 1.70. The molecule has 22 heavy (non-hydrogen) atoms. The maximum atomic E-state index is 10.1. The van der Waals surface area contributed by atoms with E-state index in [2.05, 4.69) is 4.99 Å². The molecule has 2 N–H and O–H groups in total. The number of aliphatic hydroxyl groups is 2. The number of nitriles is 1. The molecule has 0 aliphatic rings. The first-order valence-electron chi connectivity index (χ1n) is 6.27. The Morgan fingerprint density at radius 3 is 1.95 bits per heavy atom. The summed E-state index contributed by atoms with van der Waals surface area (Å²) >= 11 is 0. The number of hydrogen-bond acceptors (Lipinski definition) is 6. The Balaban J connectivity index is 0.000000745. The third kappa shape index (κ3) is 5.99. The molecule has 0 heterocycles. The molecule has 6 heteroatoms. The van der Waals surface area contributed by atoms with Crippen molar-refractivity contribution in [3.8, 4) is 12.0 Å². The molecule has 2 aromatic carbocycles. The molecule has 0 saturated carbocycles. The van der Waals surface area contributed by atoms with Gasteiger partial charge in [-0.15, -0.1) is 5.26 Å². The molecule has 6 nitrogen and oxygen atoms in total. The van der Waals surface area contributed by atoms with Crippen molar-refractivity contribution < 1.29 is 19.7 Å². The predicted molar refractivity (Wildman–Crippen MR) is 79.0 cm³/mol. The Morgan fingerprint density at radius 2 is 1.50 bits per heavy atom. The van der Waals surface area contributed by atoms with Crippen molar-refractivity contribution in [3.05, 3.63) is 59.7 Å². The minimum Gasteiger partial charge on any atom is -0.388 e. The number of aliphatic hydroxyl groups excluding tert-OH is 1. The molecule has 2 aromatic rings. The van der Waals surface area contributed by atoms with Gasteiger partial charge in [0.15, 0.2) is 0 Å². The van der Waals surface area contributed by atoms with Crippen LogP contribution < -0.4 is 4.74 Å². The van der Waals surface area contributed by atoms with Crippen LogP contribution in [-0.4, -0.2) is 23.1 Å². The molecule has 0 amide bonds. The highest BCUT2D eigenvalue weighted by atomic mass is 16.5. The zero-order chi connectivity index (χ0) is 16.2. The lowest BCUT2D eigenvalue weighted by molar-refractivity contribution is 0.0773. The second-order valence-electron chi connectivity index (χ2n) is 4.03. The van der Waals surface area contributed by atoms with Crippen LogP contribution in [0.4, 0.5) is 5.69 Å². The van der Waals surface area contributed by atoms with Crippen LogP contribution in [0.2, 0.25) is 0 Å². The molecule has 0 aromatic heterocycles. The summed E-state index contributed by atoms with van der Waals surface area (Å²) in [5.74, 6) is 0.530. The molecular formula is C16H14N2O4. The van der Waals surface area contributed by atoms with Crippen molar-refractivity contribution in [2.45, 2.75) is 6.42 Å². The van der Waals surface area contributed by atoms with Gasteiger partial charge < -0.3 is 14.9 Å². The number of rotatable bonds is 4. The summed E-state index contributed by atoms with van der Waals surface area (Å²) in [4.78, 5) is 13.6. The maximum absolute atomic E-state index is 10.1. The Hall–Kier alpha value is -2.97. The van der Waals surface area contributed by atoms with Crippen molar-refractivity contribution >= 4 is 11.8 Å². The Morgan fingerprint density at radius 1 is 1.00 bits per heavy atom. The van der Waals surface area contributed by atoms with Gasteiger partial charge in [-0.2, -0.15) is 4.99 Å². The summed E-state index contributed by atoms with van der Waals surface area (Å²) < 4.78 is 4.71. The summed E-state index contributed by atoms with van der Waals surface area (Å²) in [5.41, 5.74) is 2.81. The second kappa shape index (κ2) is 9.86. The molecule has 0 aliphatic carbocycles. The summed E-state index contributed by atoms with van der Waals surface area (Å²) in [6.45, 7) is -0.750. The van der Waals surface area contributed by atoms with Crippen molar-refractivity contribution in [1.82, 2.24) is 0 Å². The third-order valence-corrected chi connectivity index (χ3v) is 2.61.